The maximum absolute atomic E-state index is 11.0. The quantitative estimate of drug-likeness (QED) is 0.507. The molecular weight excluding hydrogens is 388 g/mol. The van der Waals surface area contributed by atoms with Gasteiger partial charge in [-0.1, -0.05) is 0 Å². The molecule has 11 heteroatoms. The monoisotopic (exact) mass is 412 g/mol. The van der Waals surface area contributed by atoms with Crippen LogP contribution in [-0.2, 0) is 28.5 Å². The summed E-state index contributed by atoms with van der Waals surface area (Å²) in [7, 11) is 0. The lowest BCUT2D eigenvalue weighted by molar-refractivity contribution is -0.255. The average molecular weight is 412 g/mol. The summed E-state index contributed by atoms with van der Waals surface area (Å²) < 4.78 is 21.0. The Hall–Kier alpha value is -0.560. The lowest BCUT2D eigenvalue weighted by Gasteiger charge is -2.34. The van der Waals surface area contributed by atoms with Crippen LogP contribution in [0.25, 0.3) is 0 Å². The number of aliphatic hydroxyl groups excluding tert-OH is 1. The van der Waals surface area contributed by atoms with E-state index in [1.165, 1.54) is 37.4 Å². The van der Waals surface area contributed by atoms with E-state index in [1.807, 2.05) is 0 Å². The van der Waals surface area contributed by atoms with E-state index in [2.05, 4.69) is 0 Å². The number of aliphatic hydroxyl groups is 1. The van der Waals surface area contributed by atoms with Crippen LogP contribution in [0.5, 0.6) is 0 Å². The van der Waals surface area contributed by atoms with Crippen molar-refractivity contribution in [3.63, 3.8) is 0 Å². The highest BCUT2D eigenvalue weighted by Gasteiger charge is 2.41. The van der Waals surface area contributed by atoms with Gasteiger partial charge in [-0.3, -0.25) is 0 Å². The summed E-state index contributed by atoms with van der Waals surface area (Å²) >= 11 is 2.92. The highest BCUT2D eigenvalue weighted by atomic mass is 32.2. The number of ether oxygens (including phenoxy) is 4. The van der Waals surface area contributed by atoms with Crippen molar-refractivity contribution < 1.29 is 43.9 Å². The molecular formula is C15H24O9S2. The molecule has 0 amide bonds. The Morgan fingerprint density at radius 3 is 1.46 bits per heavy atom. The van der Waals surface area contributed by atoms with E-state index < -0.39 is 29.6 Å². The van der Waals surface area contributed by atoms with Crippen LogP contribution < -0.4 is 0 Å². The summed E-state index contributed by atoms with van der Waals surface area (Å²) in [5.41, 5.74) is 0. The summed E-state index contributed by atoms with van der Waals surface area (Å²) in [5, 5.41) is 28.0. The Kier molecular flexibility index (Phi) is 7.60. The molecule has 2 saturated heterocycles. The number of thioether (sulfide) groups is 2. The average Bonchev–Trinajstić information content (AvgIpc) is 2.60. The van der Waals surface area contributed by atoms with Gasteiger partial charge in [0, 0.05) is 25.4 Å². The summed E-state index contributed by atoms with van der Waals surface area (Å²) in [6.07, 6.45) is -0.578. The van der Waals surface area contributed by atoms with Crippen molar-refractivity contribution in [3.05, 3.63) is 0 Å². The van der Waals surface area contributed by atoms with Crippen molar-refractivity contribution in [1.29, 1.82) is 0 Å². The number of aliphatic carboxylic acids is 2. The molecule has 2 rings (SSSR count). The molecule has 0 unspecified atom stereocenters. The number of carboxylic acid groups (broad SMARTS) is 2. The summed E-state index contributed by atoms with van der Waals surface area (Å²) in [4.78, 5) is 22.0. The van der Waals surface area contributed by atoms with Gasteiger partial charge in [0.2, 0.25) is 0 Å². The van der Waals surface area contributed by atoms with Crippen molar-refractivity contribution in [3.8, 4) is 0 Å². The summed E-state index contributed by atoms with van der Waals surface area (Å²) in [6.45, 7) is 3.70. The second-order valence-electron chi connectivity index (χ2n) is 6.31. The third-order valence-corrected chi connectivity index (χ3v) is 6.65. The minimum Gasteiger partial charge on any atom is -0.477 e. The second kappa shape index (κ2) is 9.09. The van der Waals surface area contributed by atoms with Gasteiger partial charge in [-0.2, -0.15) is 23.5 Å². The van der Waals surface area contributed by atoms with E-state index in [-0.39, 0.29) is 36.9 Å². The molecule has 0 radical (unpaired) electrons. The van der Waals surface area contributed by atoms with E-state index in [9.17, 15) is 14.7 Å². The van der Waals surface area contributed by atoms with Gasteiger partial charge in [0.25, 0.3) is 11.6 Å². The fraction of sp³-hybridized carbons (Fsp3) is 0.867. The van der Waals surface area contributed by atoms with Crippen LogP contribution in [0.4, 0.5) is 0 Å². The number of carbonyl (C=O) groups is 2. The van der Waals surface area contributed by atoms with E-state index in [1.54, 1.807) is 0 Å². The predicted molar refractivity (Wildman–Crippen MR) is 94.4 cm³/mol. The van der Waals surface area contributed by atoms with Crippen LogP contribution in [0.2, 0.25) is 0 Å². The SMILES string of the molecule is CC1(C(=O)O)OCC(SCC(O)CSC2COC(C)(C(=O)O)OC2)CO1. The van der Waals surface area contributed by atoms with Gasteiger partial charge in [-0.15, -0.1) is 0 Å². The molecule has 0 aromatic heterocycles. The van der Waals surface area contributed by atoms with E-state index >= 15 is 0 Å². The first-order chi connectivity index (χ1) is 12.1. The highest BCUT2D eigenvalue weighted by Crippen LogP contribution is 2.28. The number of rotatable bonds is 8. The van der Waals surface area contributed by atoms with E-state index in [0.29, 0.717) is 11.5 Å². The van der Waals surface area contributed by atoms with Gasteiger partial charge >= 0.3 is 11.9 Å². The van der Waals surface area contributed by atoms with Crippen LogP contribution in [-0.4, -0.2) is 93.4 Å². The van der Waals surface area contributed by atoms with Gasteiger partial charge in [0.1, 0.15) is 0 Å². The molecule has 26 heavy (non-hydrogen) atoms. The van der Waals surface area contributed by atoms with E-state index in [4.69, 9.17) is 29.2 Å². The molecule has 2 aliphatic heterocycles. The first-order valence-electron chi connectivity index (χ1n) is 8.08. The van der Waals surface area contributed by atoms with E-state index in [0.717, 1.165) is 0 Å². The van der Waals surface area contributed by atoms with Gasteiger partial charge < -0.3 is 34.3 Å². The van der Waals surface area contributed by atoms with Gasteiger partial charge in [0.05, 0.1) is 43.0 Å². The number of hydrogen-bond acceptors (Lipinski definition) is 9. The fourth-order valence-electron chi connectivity index (χ4n) is 2.17. The van der Waals surface area contributed by atoms with Crippen LogP contribution in [0.1, 0.15) is 13.8 Å². The highest BCUT2D eigenvalue weighted by molar-refractivity contribution is 8.00. The first-order valence-corrected chi connectivity index (χ1v) is 10.2. The maximum Gasteiger partial charge on any atom is 0.364 e. The maximum atomic E-state index is 11.0. The zero-order valence-electron chi connectivity index (χ0n) is 14.6. The first kappa shape index (κ1) is 21.7. The van der Waals surface area contributed by atoms with Gasteiger partial charge in [-0.05, 0) is 0 Å². The molecule has 0 saturated carbocycles. The lowest BCUT2D eigenvalue weighted by Crippen LogP contribution is -2.49. The summed E-state index contributed by atoms with van der Waals surface area (Å²) in [6, 6.07) is 0. The summed E-state index contributed by atoms with van der Waals surface area (Å²) in [5.74, 6) is -4.61. The molecule has 2 heterocycles. The third kappa shape index (κ3) is 5.72. The van der Waals surface area contributed by atoms with Crippen molar-refractivity contribution in [1.82, 2.24) is 0 Å². The minimum atomic E-state index is -1.60. The Labute approximate surface area is 159 Å². The molecule has 2 aliphatic rings. The Bertz CT molecular complexity index is 455. The lowest BCUT2D eigenvalue weighted by atomic mass is 10.3. The second-order valence-corrected chi connectivity index (χ2v) is 8.98. The van der Waals surface area contributed by atoms with Crippen LogP contribution in [0, 0.1) is 0 Å². The van der Waals surface area contributed by atoms with Crippen molar-refractivity contribution >= 4 is 35.5 Å². The topological polar surface area (TPSA) is 132 Å². The Balaban J connectivity index is 1.61. The standard InChI is InChI=1S/C15H24O9S2/c1-14(12(17)18)21-3-10(4-22-14)25-7-9(16)8-26-11-5-23-15(2,13(19)20)24-6-11/h9-11,16H,3-8H2,1-2H3,(H,17,18)(H,19,20). The smallest absolute Gasteiger partial charge is 0.364 e. The van der Waals surface area contributed by atoms with Crippen molar-refractivity contribution in [2.24, 2.45) is 0 Å². The number of hydrogen-bond donors (Lipinski definition) is 3. The third-order valence-electron chi connectivity index (χ3n) is 4.00. The van der Waals surface area contributed by atoms with Crippen LogP contribution >= 0.6 is 23.5 Å². The van der Waals surface area contributed by atoms with Gasteiger partial charge in [0.15, 0.2) is 0 Å². The molecule has 0 atom stereocenters. The number of carboxylic acids is 2. The normalized spacial score (nSPS) is 36.4. The minimum absolute atomic E-state index is 0.0419. The molecule has 150 valence electrons. The predicted octanol–water partition coefficient (Wildman–Crippen LogP) is 0.246. The molecule has 3 N–H and O–H groups in total. The molecule has 0 aromatic rings. The fourth-order valence-corrected chi connectivity index (χ4v) is 4.20. The molecule has 0 spiro atoms. The molecule has 0 aromatic carbocycles. The molecule has 0 aliphatic carbocycles. The van der Waals surface area contributed by atoms with Crippen LogP contribution in [0.3, 0.4) is 0 Å². The van der Waals surface area contributed by atoms with Crippen molar-refractivity contribution in [2.45, 2.75) is 42.0 Å². The van der Waals surface area contributed by atoms with Crippen molar-refractivity contribution in [2.75, 3.05) is 37.9 Å². The Morgan fingerprint density at radius 1 is 0.885 bits per heavy atom. The zero-order chi connectivity index (χ0) is 19.4. The van der Waals surface area contributed by atoms with Gasteiger partial charge in [-0.25, -0.2) is 9.59 Å². The Morgan fingerprint density at radius 2 is 1.19 bits per heavy atom. The van der Waals surface area contributed by atoms with Crippen LogP contribution in [0.15, 0.2) is 0 Å². The largest absolute Gasteiger partial charge is 0.477 e. The molecule has 9 nitrogen and oxygen atoms in total. The molecule has 2 fully saturated rings. The zero-order valence-corrected chi connectivity index (χ0v) is 16.2. The molecule has 0 bridgehead atoms.